The van der Waals surface area contributed by atoms with Gasteiger partial charge in [-0.15, -0.1) is 0 Å². The van der Waals surface area contributed by atoms with Gasteiger partial charge in [-0.2, -0.15) is 0 Å². The van der Waals surface area contributed by atoms with Crippen molar-refractivity contribution in [2.75, 3.05) is 13.7 Å². The second kappa shape index (κ2) is 7.31. The third kappa shape index (κ3) is 4.69. The van der Waals surface area contributed by atoms with Crippen molar-refractivity contribution in [3.8, 4) is 5.75 Å². The van der Waals surface area contributed by atoms with Gasteiger partial charge in [-0.05, 0) is 48.4 Å². The quantitative estimate of drug-likeness (QED) is 0.818. The van der Waals surface area contributed by atoms with Gasteiger partial charge in [0.2, 0.25) is 0 Å². The highest BCUT2D eigenvalue weighted by molar-refractivity contribution is 9.10. The van der Waals surface area contributed by atoms with Crippen molar-refractivity contribution in [2.45, 2.75) is 13.0 Å². The predicted molar refractivity (Wildman–Crippen MR) is 82.5 cm³/mol. The molecule has 0 atom stereocenters. The first-order valence-electron chi connectivity index (χ1n) is 6.36. The zero-order valence-corrected chi connectivity index (χ0v) is 12.6. The lowest BCUT2D eigenvalue weighted by Crippen LogP contribution is -2.16. The van der Waals surface area contributed by atoms with Crippen LogP contribution in [0.1, 0.15) is 11.1 Å². The minimum absolute atomic E-state index is 0.887. The van der Waals surface area contributed by atoms with E-state index in [2.05, 4.69) is 51.6 Å². The highest BCUT2D eigenvalue weighted by Gasteiger charge is 1.96. The molecule has 2 nitrogen and oxygen atoms in total. The molecular formula is C16H18BrNO. The third-order valence-corrected chi connectivity index (χ3v) is 3.46. The van der Waals surface area contributed by atoms with Crippen LogP contribution in [0.2, 0.25) is 0 Å². The molecule has 2 rings (SSSR count). The lowest BCUT2D eigenvalue weighted by Gasteiger charge is -2.06. The van der Waals surface area contributed by atoms with E-state index in [-0.39, 0.29) is 0 Å². The molecule has 0 saturated heterocycles. The van der Waals surface area contributed by atoms with Crippen molar-refractivity contribution in [3.05, 3.63) is 64.1 Å². The average molecular weight is 320 g/mol. The Morgan fingerprint density at radius 2 is 1.84 bits per heavy atom. The molecule has 2 aromatic rings. The van der Waals surface area contributed by atoms with Crippen molar-refractivity contribution in [2.24, 2.45) is 0 Å². The summed E-state index contributed by atoms with van der Waals surface area (Å²) >= 11 is 3.49. The molecule has 0 aromatic heterocycles. The van der Waals surface area contributed by atoms with E-state index in [4.69, 9.17) is 4.74 Å². The summed E-state index contributed by atoms with van der Waals surface area (Å²) in [5, 5.41) is 3.45. The van der Waals surface area contributed by atoms with Crippen LogP contribution in [-0.4, -0.2) is 13.7 Å². The minimum Gasteiger partial charge on any atom is -0.497 e. The summed E-state index contributed by atoms with van der Waals surface area (Å²) in [5.74, 6) is 0.901. The fourth-order valence-corrected chi connectivity index (χ4v) is 2.35. The van der Waals surface area contributed by atoms with Gasteiger partial charge in [0.05, 0.1) is 7.11 Å². The van der Waals surface area contributed by atoms with E-state index in [9.17, 15) is 0 Å². The fourth-order valence-electron chi connectivity index (χ4n) is 1.90. The second-order valence-corrected chi connectivity index (χ2v) is 5.32. The molecule has 100 valence electrons. The van der Waals surface area contributed by atoms with E-state index in [0.717, 1.165) is 29.7 Å². The smallest absolute Gasteiger partial charge is 0.118 e. The van der Waals surface area contributed by atoms with E-state index >= 15 is 0 Å². The number of halogens is 1. The van der Waals surface area contributed by atoms with Crippen LogP contribution in [0.5, 0.6) is 5.75 Å². The monoisotopic (exact) mass is 319 g/mol. The molecule has 0 unspecified atom stereocenters. The highest BCUT2D eigenvalue weighted by atomic mass is 79.9. The van der Waals surface area contributed by atoms with Gasteiger partial charge < -0.3 is 10.1 Å². The number of nitrogens with one attached hydrogen (secondary N) is 1. The Bertz CT molecular complexity index is 510. The molecule has 0 aliphatic heterocycles. The topological polar surface area (TPSA) is 21.3 Å². The SMILES string of the molecule is COc1ccc(CNCCc2cccc(Br)c2)cc1. The van der Waals surface area contributed by atoms with Gasteiger partial charge in [0.25, 0.3) is 0 Å². The molecule has 0 heterocycles. The fraction of sp³-hybridized carbons (Fsp3) is 0.250. The molecule has 0 spiro atoms. The Morgan fingerprint density at radius 3 is 2.53 bits per heavy atom. The van der Waals surface area contributed by atoms with Crippen LogP contribution in [0.15, 0.2) is 53.0 Å². The van der Waals surface area contributed by atoms with Gasteiger partial charge in [-0.25, -0.2) is 0 Å². The lowest BCUT2D eigenvalue weighted by atomic mass is 10.1. The molecule has 0 bridgehead atoms. The van der Waals surface area contributed by atoms with Crippen LogP contribution in [0.4, 0.5) is 0 Å². The van der Waals surface area contributed by atoms with E-state index < -0.39 is 0 Å². The molecule has 0 saturated carbocycles. The maximum absolute atomic E-state index is 5.14. The molecule has 2 aromatic carbocycles. The Kier molecular flexibility index (Phi) is 5.43. The zero-order valence-electron chi connectivity index (χ0n) is 11.0. The Hall–Kier alpha value is -1.32. The molecule has 0 fully saturated rings. The summed E-state index contributed by atoms with van der Waals surface area (Å²) < 4.78 is 6.28. The van der Waals surface area contributed by atoms with Crippen molar-refractivity contribution >= 4 is 15.9 Å². The first-order valence-corrected chi connectivity index (χ1v) is 7.15. The molecule has 0 aliphatic carbocycles. The van der Waals surface area contributed by atoms with E-state index in [1.807, 2.05) is 18.2 Å². The van der Waals surface area contributed by atoms with Crippen LogP contribution in [0.25, 0.3) is 0 Å². The average Bonchev–Trinajstić information content (AvgIpc) is 2.44. The Morgan fingerprint density at radius 1 is 1.05 bits per heavy atom. The van der Waals surface area contributed by atoms with Crippen LogP contribution < -0.4 is 10.1 Å². The molecule has 0 amide bonds. The maximum atomic E-state index is 5.14. The van der Waals surface area contributed by atoms with Crippen LogP contribution >= 0.6 is 15.9 Å². The van der Waals surface area contributed by atoms with Gasteiger partial charge in [0.15, 0.2) is 0 Å². The number of hydrogen-bond acceptors (Lipinski definition) is 2. The summed E-state index contributed by atoms with van der Waals surface area (Å²) in [5.41, 5.74) is 2.62. The lowest BCUT2D eigenvalue weighted by molar-refractivity contribution is 0.414. The summed E-state index contributed by atoms with van der Waals surface area (Å²) in [6.45, 7) is 1.86. The Balaban J connectivity index is 1.74. The van der Waals surface area contributed by atoms with Gasteiger partial charge in [0.1, 0.15) is 5.75 Å². The van der Waals surface area contributed by atoms with Gasteiger partial charge in [-0.1, -0.05) is 40.2 Å². The van der Waals surface area contributed by atoms with Gasteiger partial charge in [-0.3, -0.25) is 0 Å². The largest absolute Gasteiger partial charge is 0.497 e. The zero-order chi connectivity index (χ0) is 13.5. The Labute approximate surface area is 122 Å². The van der Waals surface area contributed by atoms with Crippen LogP contribution in [0.3, 0.4) is 0 Å². The molecule has 19 heavy (non-hydrogen) atoms. The van der Waals surface area contributed by atoms with Crippen molar-refractivity contribution < 1.29 is 4.74 Å². The van der Waals surface area contributed by atoms with Crippen molar-refractivity contribution in [1.82, 2.24) is 5.32 Å². The predicted octanol–water partition coefficient (Wildman–Crippen LogP) is 3.79. The number of rotatable bonds is 6. The molecule has 0 aliphatic rings. The standard InChI is InChI=1S/C16H18BrNO/c1-19-16-7-5-14(6-8-16)12-18-10-9-13-3-2-4-15(17)11-13/h2-8,11,18H,9-10,12H2,1H3. The molecular weight excluding hydrogens is 302 g/mol. The number of ether oxygens (including phenoxy) is 1. The second-order valence-electron chi connectivity index (χ2n) is 4.40. The normalized spacial score (nSPS) is 10.4. The summed E-state index contributed by atoms with van der Waals surface area (Å²) in [7, 11) is 1.69. The van der Waals surface area contributed by atoms with Crippen molar-refractivity contribution in [3.63, 3.8) is 0 Å². The number of methoxy groups -OCH3 is 1. The first-order chi connectivity index (χ1) is 9.28. The summed E-state index contributed by atoms with van der Waals surface area (Å²) in [6.07, 6.45) is 1.04. The third-order valence-electron chi connectivity index (χ3n) is 2.97. The number of hydrogen-bond donors (Lipinski definition) is 1. The summed E-state index contributed by atoms with van der Waals surface area (Å²) in [6, 6.07) is 16.6. The molecule has 3 heteroatoms. The van der Waals surface area contributed by atoms with Crippen LogP contribution in [-0.2, 0) is 13.0 Å². The van der Waals surface area contributed by atoms with Crippen LogP contribution in [0, 0.1) is 0 Å². The van der Waals surface area contributed by atoms with Gasteiger partial charge in [0, 0.05) is 11.0 Å². The molecule has 1 N–H and O–H groups in total. The summed E-state index contributed by atoms with van der Waals surface area (Å²) in [4.78, 5) is 0. The molecule has 0 radical (unpaired) electrons. The maximum Gasteiger partial charge on any atom is 0.118 e. The first kappa shape index (κ1) is 14.1. The van der Waals surface area contributed by atoms with E-state index in [0.29, 0.717) is 0 Å². The van der Waals surface area contributed by atoms with E-state index in [1.54, 1.807) is 7.11 Å². The minimum atomic E-state index is 0.887. The van der Waals surface area contributed by atoms with Gasteiger partial charge >= 0.3 is 0 Å². The highest BCUT2D eigenvalue weighted by Crippen LogP contribution is 2.12. The van der Waals surface area contributed by atoms with Crippen molar-refractivity contribution in [1.29, 1.82) is 0 Å². The van der Waals surface area contributed by atoms with E-state index in [1.165, 1.54) is 11.1 Å². The number of benzene rings is 2.